The molecule has 152 valence electrons. The van der Waals surface area contributed by atoms with Gasteiger partial charge in [-0.2, -0.15) is 5.10 Å². The van der Waals surface area contributed by atoms with Crippen LogP contribution in [0.5, 0.6) is 0 Å². The van der Waals surface area contributed by atoms with E-state index >= 15 is 0 Å². The van der Waals surface area contributed by atoms with E-state index in [1.807, 2.05) is 22.9 Å². The molecule has 0 bridgehead atoms. The number of morpholine rings is 1. The highest BCUT2D eigenvalue weighted by Gasteiger charge is 2.13. The fourth-order valence-electron chi connectivity index (χ4n) is 3.38. The standard InChI is InChI=1S/C21H32N6O/c1-4-22-21(23-10-11-26-12-14-28-15-13-26)24-16-20-17(2)25-27(18(20)3)19-8-6-5-7-9-19/h5-9H,4,10-16H2,1-3H3,(H2,22,23,24). The lowest BCUT2D eigenvalue weighted by atomic mass is 10.2. The fraction of sp³-hybridized carbons (Fsp3) is 0.524. The molecule has 7 nitrogen and oxygen atoms in total. The normalized spacial score (nSPS) is 15.6. The van der Waals surface area contributed by atoms with E-state index in [1.54, 1.807) is 0 Å². The van der Waals surface area contributed by atoms with Gasteiger partial charge in [0.25, 0.3) is 0 Å². The van der Waals surface area contributed by atoms with Crippen LogP contribution in [0.25, 0.3) is 5.69 Å². The third-order valence-electron chi connectivity index (χ3n) is 5.01. The molecule has 2 N–H and O–H groups in total. The summed E-state index contributed by atoms with van der Waals surface area (Å²) in [5.74, 6) is 0.849. The van der Waals surface area contributed by atoms with Crippen LogP contribution in [0.3, 0.4) is 0 Å². The van der Waals surface area contributed by atoms with E-state index in [1.165, 1.54) is 5.56 Å². The zero-order valence-electron chi connectivity index (χ0n) is 17.2. The number of rotatable bonds is 7. The number of hydrogen-bond donors (Lipinski definition) is 2. The summed E-state index contributed by atoms with van der Waals surface area (Å²) in [5, 5.41) is 11.5. The Balaban J connectivity index is 1.63. The number of aromatic nitrogens is 2. The molecule has 3 rings (SSSR count). The number of para-hydroxylation sites is 1. The average molecular weight is 385 g/mol. The Bertz CT molecular complexity index is 765. The predicted octanol–water partition coefficient (Wildman–Crippen LogP) is 1.88. The summed E-state index contributed by atoms with van der Waals surface area (Å²) < 4.78 is 7.40. The van der Waals surface area contributed by atoms with Crippen LogP contribution in [-0.4, -0.2) is 66.6 Å². The van der Waals surface area contributed by atoms with Gasteiger partial charge >= 0.3 is 0 Å². The lowest BCUT2D eigenvalue weighted by Gasteiger charge is -2.26. The van der Waals surface area contributed by atoms with Crippen LogP contribution in [0, 0.1) is 13.8 Å². The SMILES string of the molecule is CCNC(=NCc1c(C)nn(-c2ccccc2)c1C)NCCN1CCOCC1. The molecule has 0 unspecified atom stereocenters. The fourth-order valence-corrected chi connectivity index (χ4v) is 3.38. The second-order valence-corrected chi connectivity index (χ2v) is 6.97. The summed E-state index contributed by atoms with van der Waals surface area (Å²) in [6.07, 6.45) is 0. The Morgan fingerprint density at radius 2 is 1.89 bits per heavy atom. The number of benzene rings is 1. The Morgan fingerprint density at radius 3 is 2.61 bits per heavy atom. The highest BCUT2D eigenvalue weighted by atomic mass is 16.5. The first-order valence-electron chi connectivity index (χ1n) is 10.1. The van der Waals surface area contributed by atoms with Gasteiger partial charge in [-0.05, 0) is 32.9 Å². The van der Waals surface area contributed by atoms with Crippen LogP contribution in [0.1, 0.15) is 23.9 Å². The monoisotopic (exact) mass is 384 g/mol. The smallest absolute Gasteiger partial charge is 0.191 e. The number of aryl methyl sites for hydroxylation is 1. The zero-order valence-corrected chi connectivity index (χ0v) is 17.2. The van der Waals surface area contributed by atoms with Crippen LogP contribution in [0.2, 0.25) is 0 Å². The molecule has 0 amide bonds. The van der Waals surface area contributed by atoms with Crippen molar-refractivity contribution in [3.05, 3.63) is 47.3 Å². The minimum atomic E-state index is 0.609. The Labute approximate surface area is 167 Å². The molecule has 1 aliphatic rings. The maximum absolute atomic E-state index is 5.40. The molecule has 28 heavy (non-hydrogen) atoms. The average Bonchev–Trinajstić information content (AvgIpc) is 3.01. The van der Waals surface area contributed by atoms with Crippen molar-refractivity contribution in [3.8, 4) is 5.69 Å². The second-order valence-electron chi connectivity index (χ2n) is 6.97. The summed E-state index contributed by atoms with van der Waals surface area (Å²) in [5.41, 5.74) is 4.41. The summed E-state index contributed by atoms with van der Waals surface area (Å²) in [7, 11) is 0. The molecular formula is C21H32N6O. The molecule has 0 atom stereocenters. The molecule has 1 aromatic heterocycles. The molecular weight excluding hydrogens is 352 g/mol. The maximum atomic E-state index is 5.40. The second kappa shape index (κ2) is 10.2. The lowest BCUT2D eigenvalue weighted by Crippen LogP contribution is -2.44. The van der Waals surface area contributed by atoms with Crippen molar-refractivity contribution in [2.45, 2.75) is 27.3 Å². The molecule has 2 heterocycles. The molecule has 0 aliphatic carbocycles. The first-order valence-corrected chi connectivity index (χ1v) is 10.1. The van der Waals surface area contributed by atoms with Crippen molar-refractivity contribution >= 4 is 5.96 Å². The van der Waals surface area contributed by atoms with Gasteiger partial charge in [0, 0.05) is 44.0 Å². The van der Waals surface area contributed by atoms with Crippen LogP contribution < -0.4 is 10.6 Å². The Morgan fingerprint density at radius 1 is 1.14 bits per heavy atom. The number of aliphatic imine (C=N–C) groups is 1. The van der Waals surface area contributed by atoms with Crippen molar-refractivity contribution < 1.29 is 4.74 Å². The van der Waals surface area contributed by atoms with Gasteiger partial charge in [-0.25, -0.2) is 9.67 Å². The lowest BCUT2D eigenvalue weighted by molar-refractivity contribution is 0.0389. The van der Waals surface area contributed by atoms with Gasteiger partial charge in [0.2, 0.25) is 0 Å². The van der Waals surface area contributed by atoms with Crippen molar-refractivity contribution in [3.63, 3.8) is 0 Å². The van der Waals surface area contributed by atoms with Gasteiger partial charge in [-0.15, -0.1) is 0 Å². The van der Waals surface area contributed by atoms with Crippen LogP contribution in [0.4, 0.5) is 0 Å². The summed E-state index contributed by atoms with van der Waals surface area (Å²) in [6, 6.07) is 10.2. The van der Waals surface area contributed by atoms with E-state index in [9.17, 15) is 0 Å². The number of nitrogens with zero attached hydrogens (tertiary/aromatic N) is 4. The van der Waals surface area contributed by atoms with Crippen LogP contribution in [-0.2, 0) is 11.3 Å². The van der Waals surface area contributed by atoms with Crippen molar-refractivity contribution in [1.82, 2.24) is 25.3 Å². The van der Waals surface area contributed by atoms with E-state index in [4.69, 9.17) is 14.8 Å². The van der Waals surface area contributed by atoms with E-state index in [-0.39, 0.29) is 0 Å². The Hall–Kier alpha value is -2.38. The van der Waals surface area contributed by atoms with Gasteiger partial charge in [0.05, 0.1) is 31.1 Å². The van der Waals surface area contributed by atoms with E-state index in [0.717, 1.165) is 69.0 Å². The first kappa shape index (κ1) is 20.4. The third-order valence-corrected chi connectivity index (χ3v) is 5.01. The highest BCUT2D eigenvalue weighted by molar-refractivity contribution is 5.79. The highest BCUT2D eigenvalue weighted by Crippen LogP contribution is 2.18. The molecule has 1 aromatic carbocycles. The zero-order chi connectivity index (χ0) is 19.8. The molecule has 2 aromatic rings. The molecule has 1 fully saturated rings. The van der Waals surface area contributed by atoms with Gasteiger partial charge in [-0.3, -0.25) is 4.90 Å². The number of guanidine groups is 1. The summed E-state index contributed by atoms with van der Waals surface area (Å²) in [6.45, 7) is 13.2. The number of nitrogens with one attached hydrogen (secondary N) is 2. The Kier molecular flexibility index (Phi) is 7.45. The van der Waals surface area contributed by atoms with Crippen molar-refractivity contribution in [2.24, 2.45) is 4.99 Å². The third kappa shape index (κ3) is 5.33. The predicted molar refractivity (Wildman–Crippen MR) is 113 cm³/mol. The van der Waals surface area contributed by atoms with Gasteiger partial charge in [0.15, 0.2) is 5.96 Å². The van der Waals surface area contributed by atoms with E-state index in [2.05, 4.69) is 48.4 Å². The summed E-state index contributed by atoms with van der Waals surface area (Å²) >= 11 is 0. The molecule has 0 radical (unpaired) electrons. The number of ether oxygens (including phenoxy) is 1. The molecule has 1 saturated heterocycles. The minimum Gasteiger partial charge on any atom is -0.379 e. The molecule has 0 saturated carbocycles. The van der Waals surface area contributed by atoms with Gasteiger partial charge in [0.1, 0.15) is 0 Å². The summed E-state index contributed by atoms with van der Waals surface area (Å²) in [4.78, 5) is 7.21. The molecule has 1 aliphatic heterocycles. The molecule has 7 heteroatoms. The topological polar surface area (TPSA) is 66.7 Å². The minimum absolute atomic E-state index is 0.609. The van der Waals surface area contributed by atoms with Gasteiger partial charge in [-0.1, -0.05) is 18.2 Å². The number of hydrogen-bond acceptors (Lipinski definition) is 4. The van der Waals surface area contributed by atoms with Crippen LogP contribution >= 0.6 is 0 Å². The first-order chi connectivity index (χ1) is 13.7. The maximum Gasteiger partial charge on any atom is 0.191 e. The quantitative estimate of drug-likeness (QED) is 0.564. The molecule has 0 spiro atoms. The van der Waals surface area contributed by atoms with Crippen LogP contribution in [0.15, 0.2) is 35.3 Å². The van der Waals surface area contributed by atoms with E-state index < -0.39 is 0 Å². The van der Waals surface area contributed by atoms with Crippen molar-refractivity contribution in [2.75, 3.05) is 45.9 Å². The van der Waals surface area contributed by atoms with Gasteiger partial charge < -0.3 is 15.4 Å². The largest absolute Gasteiger partial charge is 0.379 e. The van der Waals surface area contributed by atoms with E-state index in [0.29, 0.717) is 6.54 Å². The van der Waals surface area contributed by atoms with Crippen molar-refractivity contribution in [1.29, 1.82) is 0 Å².